The first-order valence-electron chi connectivity index (χ1n) is 2.95. The van der Waals surface area contributed by atoms with Gasteiger partial charge in [0, 0.05) is 7.11 Å². The maximum atomic E-state index is 5.25. The maximum absolute atomic E-state index is 5.25. The van der Waals surface area contributed by atoms with Gasteiger partial charge in [-0.3, -0.25) is 0 Å². The zero-order valence-corrected chi connectivity index (χ0v) is 6.48. The summed E-state index contributed by atoms with van der Waals surface area (Å²) < 4.78 is 7.59. The van der Waals surface area contributed by atoms with Crippen molar-refractivity contribution in [2.24, 2.45) is 0 Å². The lowest BCUT2D eigenvalue weighted by atomic mass is 10.5. The van der Waals surface area contributed by atoms with Gasteiger partial charge in [0.1, 0.15) is 0 Å². The second-order valence-corrected chi connectivity index (χ2v) is 4.58. The molecule has 1 aliphatic heterocycles. The van der Waals surface area contributed by atoms with Crippen LogP contribution in [0.4, 0.5) is 0 Å². The van der Waals surface area contributed by atoms with E-state index >= 15 is 0 Å². The van der Waals surface area contributed by atoms with E-state index in [-0.39, 0.29) is 0 Å². The first-order valence-corrected chi connectivity index (χ1v) is 4.52. The predicted octanol–water partition coefficient (Wildman–Crippen LogP) is 0.456. The SMILES string of the molecule is CO[Si]1CCCN1C. The molecule has 1 radical (unpaired) electrons. The molecule has 0 spiro atoms. The summed E-state index contributed by atoms with van der Waals surface area (Å²) in [6.07, 6.45) is 1.33. The highest BCUT2D eigenvalue weighted by Gasteiger charge is 2.23. The zero-order valence-electron chi connectivity index (χ0n) is 5.48. The van der Waals surface area contributed by atoms with Crippen molar-refractivity contribution < 1.29 is 4.43 Å². The quantitative estimate of drug-likeness (QED) is 0.478. The largest absolute Gasteiger partial charge is 0.406 e. The first kappa shape index (κ1) is 6.26. The van der Waals surface area contributed by atoms with Crippen molar-refractivity contribution in [1.82, 2.24) is 4.57 Å². The number of hydrogen-bond acceptors (Lipinski definition) is 2. The normalized spacial score (nSPS) is 24.8. The van der Waals surface area contributed by atoms with E-state index in [1.165, 1.54) is 19.0 Å². The first-order chi connectivity index (χ1) is 3.84. The van der Waals surface area contributed by atoms with Crippen LogP contribution in [0.15, 0.2) is 0 Å². The average molecular weight is 130 g/mol. The van der Waals surface area contributed by atoms with E-state index in [1.807, 2.05) is 7.11 Å². The fourth-order valence-corrected chi connectivity index (χ4v) is 2.81. The fraction of sp³-hybridized carbons (Fsp3) is 1.00. The van der Waals surface area contributed by atoms with Crippen molar-refractivity contribution >= 4 is 9.20 Å². The number of rotatable bonds is 1. The van der Waals surface area contributed by atoms with Gasteiger partial charge in [-0.05, 0) is 26.1 Å². The Balaban J connectivity index is 2.30. The van der Waals surface area contributed by atoms with E-state index in [0.29, 0.717) is 0 Å². The Bertz CT molecular complexity index is 78.8. The predicted molar refractivity (Wildman–Crippen MR) is 34.8 cm³/mol. The smallest absolute Gasteiger partial charge is 0.305 e. The molecule has 1 fully saturated rings. The van der Waals surface area contributed by atoms with E-state index in [2.05, 4.69) is 11.6 Å². The Morgan fingerprint density at radius 1 is 1.62 bits per heavy atom. The van der Waals surface area contributed by atoms with Crippen LogP contribution in [0.25, 0.3) is 0 Å². The van der Waals surface area contributed by atoms with Gasteiger partial charge in [0.25, 0.3) is 0 Å². The fourth-order valence-electron chi connectivity index (χ4n) is 1.04. The van der Waals surface area contributed by atoms with Crippen molar-refractivity contribution in [3.05, 3.63) is 0 Å². The molecular formula is C5H12NOSi. The topological polar surface area (TPSA) is 12.5 Å². The summed E-state index contributed by atoms with van der Waals surface area (Å²) in [6.45, 7) is 1.24. The van der Waals surface area contributed by atoms with Gasteiger partial charge in [0.05, 0.1) is 0 Å². The molecule has 0 N–H and O–H groups in total. The summed E-state index contributed by atoms with van der Waals surface area (Å²) in [5, 5.41) is 0. The summed E-state index contributed by atoms with van der Waals surface area (Å²) >= 11 is 0. The van der Waals surface area contributed by atoms with Crippen LogP contribution < -0.4 is 0 Å². The summed E-state index contributed by atoms with van der Waals surface area (Å²) in [4.78, 5) is 0. The molecule has 0 bridgehead atoms. The third kappa shape index (κ3) is 1.10. The van der Waals surface area contributed by atoms with E-state index in [9.17, 15) is 0 Å². The molecule has 0 unspecified atom stereocenters. The Hall–Kier alpha value is 0.137. The van der Waals surface area contributed by atoms with Crippen molar-refractivity contribution in [2.75, 3.05) is 20.7 Å². The summed E-state index contributed by atoms with van der Waals surface area (Å²) in [6, 6.07) is 1.30. The van der Waals surface area contributed by atoms with Gasteiger partial charge in [-0.15, -0.1) is 0 Å². The highest BCUT2D eigenvalue weighted by atomic mass is 28.3. The average Bonchev–Trinajstić information content (AvgIpc) is 2.14. The Morgan fingerprint density at radius 2 is 2.38 bits per heavy atom. The monoisotopic (exact) mass is 130 g/mol. The van der Waals surface area contributed by atoms with Crippen LogP contribution in [0.5, 0.6) is 0 Å². The van der Waals surface area contributed by atoms with Crippen LogP contribution in [0.1, 0.15) is 6.42 Å². The molecule has 3 heteroatoms. The van der Waals surface area contributed by atoms with Gasteiger partial charge < -0.3 is 8.99 Å². The molecule has 1 aliphatic rings. The van der Waals surface area contributed by atoms with Crippen LogP contribution in [-0.4, -0.2) is 34.5 Å². The Kier molecular flexibility index (Phi) is 2.05. The lowest BCUT2D eigenvalue weighted by Gasteiger charge is -2.12. The van der Waals surface area contributed by atoms with E-state index in [1.54, 1.807) is 0 Å². The molecule has 1 rings (SSSR count). The molecule has 0 atom stereocenters. The lowest BCUT2D eigenvalue weighted by molar-refractivity contribution is 0.366. The molecule has 0 aromatic heterocycles. The highest BCUT2D eigenvalue weighted by Crippen LogP contribution is 2.11. The molecule has 8 heavy (non-hydrogen) atoms. The minimum Gasteiger partial charge on any atom is -0.406 e. The van der Waals surface area contributed by atoms with Crippen LogP contribution in [0.2, 0.25) is 6.04 Å². The van der Waals surface area contributed by atoms with Crippen LogP contribution >= 0.6 is 0 Å². The summed E-state index contributed by atoms with van der Waals surface area (Å²) in [5.74, 6) is 0. The van der Waals surface area contributed by atoms with Crippen LogP contribution in [-0.2, 0) is 4.43 Å². The molecular weight excluding hydrogens is 118 g/mol. The molecule has 0 saturated carbocycles. The van der Waals surface area contributed by atoms with Gasteiger partial charge in [0.2, 0.25) is 0 Å². The molecule has 0 amide bonds. The van der Waals surface area contributed by atoms with E-state index in [4.69, 9.17) is 4.43 Å². The van der Waals surface area contributed by atoms with Crippen molar-refractivity contribution in [3.63, 3.8) is 0 Å². The number of nitrogens with zero attached hydrogens (tertiary/aromatic N) is 1. The second kappa shape index (κ2) is 2.62. The van der Waals surface area contributed by atoms with Gasteiger partial charge in [-0.25, -0.2) is 0 Å². The summed E-state index contributed by atoms with van der Waals surface area (Å²) in [7, 11) is 3.46. The molecule has 2 nitrogen and oxygen atoms in total. The van der Waals surface area contributed by atoms with Gasteiger partial charge >= 0.3 is 9.20 Å². The Labute approximate surface area is 52.2 Å². The molecule has 1 heterocycles. The van der Waals surface area contributed by atoms with E-state index < -0.39 is 9.20 Å². The molecule has 0 aromatic rings. The van der Waals surface area contributed by atoms with E-state index in [0.717, 1.165) is 0 Å². The Morgan fingerprint density at radius 3 is 2.62 bits per heavy atom. The molecule has 1 saturated heterocycles. The van der Waals surface area contributed by atoms with Crippen LogP contribution in [0.3, 0.4) is 0 Å². The third-order valence-electron chi connectivity index (χ3n) is 1.55. The highest BCUT2D eigenvalue weighted by molar-refractivity contribution is 6.49. The summed E-state index contributed by atoms with van der Waals surface area (Å²) in [5.41, 5.74) is 0. The standard InChI is InChI=1S/C5H12NOSi/c1-6-4-3-5-8(6)7-2/h3-5H2,1-2H3. The van der Waals surface area contributed by atoms with Crippen molar-refractivity contribution in [2.45, 2.75) is 12.5 Å². The number of hydrogen-bond donors (Lipinski definition) is 0. The van der Waals surface area contributed by atoms with Crippen LogP contribution in [0, 0.1) is 0 Å². The van der Waals surface area contributed by atoms with Crippen molar-refractivity contribution in [1.29, 1.82) is 0 Å². The lowest BCUT2D eigenvalue weighted by Crippen LogP contribution is -2.31. The van der Waals surface area contributed by atoms with Gasteiger partial charge in [-0.2, -0.15) is 0 Å². The molecule has 47 valence electrons. The van der Waals surface area contributed by atoms with Crippen molar-refractivity contribution in [3.8, 4) is 0 Å². The minimum atomic E-state index is -0.496. The minimum absolute atomic E-state index is 0.496. The third-order valence-corrected chi connectivity index (χ3v) is 3.87. The van der Waals surface area contributed by atoms with Gasteiger partial charge in [0.15, 0.2) is 0 Å². The zero-order chi connectivity index (χ0) is 5.98. The van der Waals surface area contributed by atoms with Gasteiger partial charge in [-0.1, -0.05) is 0 Å². The molecule has 0 aromatic carbocycles. The molecule has 0 aliphatic carbocycles. The second-order valence-electron chi connectivity index (χ2n) is 2.12. The maximum Gasteiger partial charge on any atom is 0.305 e.